The molecule has 1 aliphatic heterocycles. The van der Waals surface area contributed by atoms with Crippen molar-refractivity contribution >= 4 is 29.0 Å². The molecule has 0 bridgehead atoms. The molecule has 5 heteroatoms. The van der Waals surface area contributed by atoms with Gasteiger partial charge in [0.1, 0.15) is 0 Å². The normalized spacial score (nSPS) is 13.5. The Kier molecular flexibility index (Phi) is 5.56. The number of carbonyl (C=O) groups excluding carboxylic acids is 1. The second-order valence-corrected chi connectivity index (χ2v) is 5.69. The summed E-state index contributed by atoms with van der Waals surface area (Å²) < 4.78 is 4.62. The van der Waals surface area contributed by atoms with Crippen molar-refractivity contribution in [1.82, 2.24) is 5.32 Å². The van der Waals surface area contributed by atoms with Crippen molar-refractivity contribution in [3.63, 3.8) is 0 Å². The maximum absolute atomic E-state index is 11.1. The number of nitrogens with one attached hydrogen (secondary N) is 1. The second kappa shape index (κ2) is 7.41. The number of anilines is 1. The monoisotopic (exact) mass is 306 g/mol. The predicted molar refractivity (Wildman–Crippen MR) is 88.7 cm³/mol. The van der Waals surface area contributed by atoms with E-state index in [1.807, 2.05) is 0 Å². The Morgan fingerprint density at radius 3 is 3.05 bits per heavy atom. The first-order chi connectivity index (χ1) is 10.1. The average Bonchev–Trinajstić information content (AvgIpc) is 2.50. The van der Waals surface area contributed by atoms with E-state index in [2.05, 4.69) is 40.1 Å². The molecule has 0 spiro atoms. The largest absolute Gasteiger partial charge is 0.469 e. The van der Waals surface area contributed by atoms with Crippen LogP contribution in [0.4, 0.5) is 5.69 Å². The summed E-state index contributed by atoms with van der Waals surface area (Å²) >= 11 is 5.49. The molecule has 0 radical (unpaired) electrons. The van der Waals surface area contributed by atoms with E-state index in [1.54, 1.807) is 0 Å². The molecule has 1 aliphatic rings. The van der Waals surface area contributed by atoms with Crippen molar-refractivity contribution in [2.75, 3.05) is 25.1 Å². The quantitative estimate of drug-likeness (QED) is 0.526. The van der Waals surface area contributed by atoms with E-state index in [1.165, 1.54) is 23.9 Å². The topological polar surface area (TPSA) is 41.6 Å². The summed E-state index contributed by atoms with van der Waals surface area (Å²) in [5, 5.41) is 3.98. The molecule has 0 saturated heterocycles. The number of hydrogen-bond donors (Lipinski definition) is 1. The zero-order valence-corrected chi connectivity index (χ0v) is 13.5. The van der Waals surface area contributed by atoms with Crippen LogP contribution in [0.2, 0.25) is 0 Å². The molecule has 2 rings (SSSR count). The van der Waals surface area contributed by atoms with Crippen LogP contribution < -0.4 is 10.2 Å². The molecule has 0 fully saturated rings. The number of methoxy groups -OCH3 is 1. The van der Waals surface area contributed by atoms with Gasteiger partial charge < -0.3 is 15.0 Å². The summed E-state index contributed by atoms with van der Waals surface area (Å²) in [6.07, 6.45) is 3.36. The second-order valence-electron chi connectivity index (χ2n) is 5.30. The molecule has 0 saturated carbocycles. The van der Waals surface area contributed by atoms with Gasteiger partial charge in [-0.3, -0.25) is 4.79 Å². The lowest BCUT2D eigenvalue weighted by atomic mass is 10.00. The minimum atomic E-state index is -0.179. The lowest BCUT2D eigenvalue weighted by Crippen LogP contribution is -2.43. The maximum atomic E-state index is 11.1. The third kappa shape index (κ3) is 4.17. The minimum Gasteiger partial charge on any atom is -0.469 e. The van der Waals surface area contributed by atoms with Crippen LogP contribution in [0, 0.1) is 6.92 Å². The van der Waals surface area contributed by atoms with Gasteiger partial charge in [0.25, 0.3) is 0 Å². The fraction of sp³-hybridized carbons (Fsp3) is 0.500. The molecule has 21 heavy (non-hydrogen) atoms. The summed E-state index contributed by atoms with van der Waals surface area (Å²) in [6.45, 7) is 3.74. The Morgan fingerprint density at radius 1 is 1.48 bits per heavy atom. The Bertz CT molecular complexity index is 531. The third-order valence-electron chi connectivity index (χ3n) is 3.66. The van der Waals surface area contributed by atoms with Crippen LogP contribution in [0.1, 0.15) is 30.4 Å². The molecule has 1 aromatic rings. The smallest absolute Gasteiger partial charge is 0.305 e. The van der Waals surface area contributed by atoms with Gasteiger partial charge in [0, 0.05) is 25.2 Å². The van der Waals surface area contributed by atoms with E-state index in [4.69, 9.17) is 12.2 Å². The van der Waals surface area contributed by atoms with Crippen molar-refractivity contribution < 1.29 is 9.53 Å². The summed E-state index contributed by atoms with van der Waals surface area (Å²) in [5.41, 5.74) is 3.85. The number of ether oxygens (including phenoxy) is 1. The summed E-state index contributed by atoms with van der Waals surface area (Å²) in [5.74, 6) is -0.179. The zero-order valence-electron chi connectivity index (χ0n) is 12.6. The number of rotatable bonds is 4. The maximum Gasteiger partial charge on any atom is 0.305 e. The number of nitrogens with zero attached hydrogens (tertiary/aromatic N) is 1. The van der Waals surface area contributed by atoms with Gasteiger partial charge in [-0.05, 0) is 50.0 Å². The number of aryl methyl sites for hydroxylation is 2. The van der Waals surface area contributed by atoms with Crippen molar-refractivity contribution in [2.24, 2.45) is 0 Å². The summed E-state index contributed by atoms with van der Waals surface area (Å²) in [6, 6.07) is 6.50. The minimum absolute atomic E-state index is 0.179. The highest BCUT2D eigenvalue weighted by molar-refractivity contribution is 7.80. The van der Waals surface area contributed by atoms with Crippen molar-refractivity contribution in [3.8, 4) is 0 Å². The molecule has 1 aromatic carbocycles. The highest BCUT2D eigenvalue weighted by Crippen LogP contribution is 2.27. The Hall–Kier alpha value is -1.62. The molecule has 4 nitrogen and oxygen atoms in total. The lowest BCUT2D eigenvalue weighted by molar-refractivity contribution is -0.140. The van der Waals surface area contributed by atoms with Gasteiger partial charge in [0.05, 0.1) is 7.11 Å². The van der Waals surface area contributed by atoms with Crippen molar-refractivity contribution in [3.05, 3.63) is 29.3 Å². The molecule has 0 aliphatic carbocycles. The van der Waals surface area contributed by atoms with Crippen LogP contribution in [0.25, 0.3) is 0 Å². The van der Waals surface area contributed by atoms with Crippen LogP contribution in [-0.4, -0.2) is 31.3 Å². The zero-order chi connectivity index (χ0) is 15.2. The number of fused-ring (bicyclic) bond motifs is 1. The molecule has 1 N–H and O–H groups in total. The summed E-state index contributed by atoms with van der Waals surface area (Å²) in [4.78, 5) is 13.2. The van der Waals surface area contributed by atoms with Gasteiger partial charge in [0.2, 0.25) is 0 Å². The molecular formula is C16H22N2O2S. The van der Waals surface area contributed by atoms with Crippen LogP contribution >= 0.6 is 12.2 Å². The van der Waals surface area contributed by atoms with Crippen LogP contribution in [0.15, 0.2) is 18.2 Å². The fourth-order valence-electron chi connectivity index (χ4n) is 2.56. The van der Waals surface area contributed by atoms with Crippen molar-refractivity contribution in [2.45, 2.75) is 32.6 Å². The van der Waals surface area contributed by atoms with E-state index in [0.29, 0.717) is 13.0 Å². The van der Waals surface area contributed by atoms with Gasteiger partial charge in [0.15, 0.2) is 5.11 Å². The van der Waals surface area contributed by atoms with Crippen molar-refractivity contribution in [1.29, 1.82) is 0 Å². The van der Waals surface area contributed by atoms with Gasteiger partial charge in [-0.25, -0.2) is 0 Å². The highest BCUT2D eigenvalue weighted by atomic mass is 32.1. The molecular weight excluding hydrogens is 284 g/mol. The van der Waals surface area contributed by atoms with E-state index in [-0.39, 0.29) is 5.97 Å². The number of hydrogen-bond acceptors (Lipinski definition) is 3. The lowest BCUT2D eigenvalue weighted by Gasteiger charge is -2.32. The molecule has 0 aromatic heterocycles. The summed E-state index contributed by atoms with van der Waals surface area (Å²) in [7, 11) is 1.41. The van der Waals surface area contributed by atoms with E-state index < -0.39 is 0 Å². The van der Waals surface area contributed by atoms with Gasteiger partial charge in [-0.1, -0.05) is 17.7 Å². The Labute approximate surface area is 131 Å². The van der Waals surface area contributed by atoms with E-state index in [0.717, 1.165) is 30.9 Å². The first kappa shape index (κ1) is 15.8. The SMILES string of the molecule is COC(=O)CCCNC(=S)N1CCCc2cc(C)ccc21. The molecule has 0 amide bonds. The highest BCUT2D eigenvalue weighted by Gasteiger charge is 2.19. The van der Waals surface area contributed by atoms with E-state index >= 15 is 0 Å². The van der Waals surface area contributed by atoms with Crippen LogP contribution in [-0.2, 0) is 16.0 Å². The fourth-order valence-corrected chi connectivity index (χ4v) is 2.85. The third-order valence-corrected chi connectivity index (χ3v) is 4.03. The van der Waals surface area contributed by atoms with E-state index in [9.17, 15) is 4.79 Å². The number of thiocarbonyl (C=S) groups is 1. The first-order valence-corrected chi connectivity index (χ1v) is 7.74. The number of carbonyl (C=O) groups is 1. The Morgan fingerprint density at radius 2 is 2.29 bits per heavy atom. The Balaban J connectivity index is 1.91. The number of esters is 1. The molecule has 0 atom stereocenters. The standard InChI is InChI=1S/C16H22N2O2S/c1-12-7-8-14-13(11-12)5-4-10-18(14)16(21)17-9-3-6-15(19)20-2/h7-8,11H,3-6,9-10H2,1-2H3,(H,17,21). The van der Waals surface area contributed by atoms with Crippen LogP contribution in [0.3, 0.4) is 0 Å². The van der Waals surface area contributed by atoms with Gasteiger partial charge in [-0.2, -0.15) is 0 Å². The predicted octanol–water partition coefficient (Wildman–Crippen LogP) is 2.58. The first-order valence-electron chi connectivity index (χ1n) is 7.33. The number of benzene rings is 1. The average molecular weight is 306 g/mol. The van der Waals surface area contributed by atoms with Gasteiger partial charge >= 0.3 is 5.97 Å². The molecule has 1 heterocycles. The van der Waals surface area contributed by atoms with Crippen LogP contribution in [0.5, 0.6) is 0 Å². The molecule has 0 unspecified atom stereocenters. The van der Waals surface area contributed by atoms with Gasteiger partial charge in [-0.15, -0.1) is 0 Å². The molecule has 114 valence electrons.